The van der Waals surface area contributed by atoms with Crippen molar-refractivity contribution in [1.29, 1.82) is 0 Å². The Kier molecular flexibility index (Phi) is 3.27. The molecule has 0 spiro atoms. The lowest BCUT2D eigenvalue weighted by Gasteiger charge is -2.17. The molecule has 1 aliphatic heterocycles. The first-order valence-electron chi connectivity index (χ1n) is 9.40. The average molecular weight is 336 g/mol. The second-order valence-corrected chi connectivity index (χ2v) is 7.95. The maximum absolute atomic E-state index is 13.4. The van der Waals surface area contributed by atoms with Gasteiger partial charge >= 0.3 is 0 Å². The number of rotatable bonds is 2. The summed E-state index contributed by atoms with van der Waals surface area (Å²) in [6.07, 6.45) is 9.14. The van der Waals surface area contributed by atoms with E-state index < -0.39 is 0 Å². The zero-order valence-electron chi connectivity index (χ0n) is 14.9. The summed E-state index contributed by atoms with van der Waals surface area (Å²) in [6, 6.07) is 2.05. The highest BCUT2D eigenvalue weighted by molar-refractivity contribution is 6.06. The molecule has 3 heterocycles. The largest absolute Gasteiger partial charge is 0.338 e. The molecule has 25 heavy (non-hydrogen) atoms. The van der Waals surface area contributed by atoms with Gasteiger partial charge in [0.05, 0.1) is 16.6 Å². The Bertz CT molecular complexity index is 877. The van der Waals surface area contributed by atoms with Gasteiger partial charge in [0.15, 0.2) is 5.65 Å². The number of hydrogen-bond acceptors (Lipinski definition) is 3. The van der Waals surface area contributed by atoms with Crippen LogP contribution in [0.5, 0.6) is 0 Å². The summed E-state index contributed by atoms with van der Waals surface area (Å²) < 4.78 is 1.82. The number of nitrogens with zero attached hydrogens (tertiary/aromatic N) is 4. The van der Waals surface area contributed by atoms with Crippen molar-refractivity contribution in [2.75, 3.05) is 13.1 Å². The van der Waals surface area contributed by atoms with Gasteiger partial charge in [0.1, 0.15) is 0 Å². The highest BCUT2D eigenvalue weighted by atomic mass is 16.2. The maximum Gasteiger partial charge on any atom is 0.254 e. The molecule has 2 atom stereocenters. The Labute approximate surface area is 147 Å². The molecule has 1 saturated heterocycles. The van der Waals surface area contributed by atoms with Crippen LogP contribution in [0.25, 0.3) is 11.0 Å². The Morgan fingerprint density at radius 1 is 1.16 bits per heavy atom. The van der Waals surface area contributed by atoms with Crippen LogP contribution < -0.4 is 0 Å². The first-order chi connectivity index (χ1) is 12.1. The average Bonchev–Trinajstić information content (AvgIpc) is 3.31. The predicted molar refractivity (Wildman–Crippen MR) is 96.5 cm³/mol. The number of pyridine rings is 1. The molecular weight excluding hydrogens is 312 g/mol. The summed E-state index contributed by atoms with van der Waals surface area (Å²) in [5, 5.41) is 5.46. The van der Waals surface area contributed by atoms with Gasteiger partial charge in [-0.05, 0) is 50.5 Å². The molecule has 5 nitrogen and oxygen atoms in total. The number of fused-ring (bicyclic) bond motifs is 2. The molecule has 1 amide bonds. The van der Waals surface area contributed by atoms with E-state index in [-0.39, 0.29) is 5.91 Å². The number of hydrogen-bond donors (Lipinski definition) is 0. The van der Waals surface area contributed by atoms with E-state index in [0.29, 0.717) is 17.8 Å². The molecular formula is C20H24N4O. The minimum atomic E-state index is 0.166. The number of amides is 1. The fraction of sp³-hybridized carbons (Fsp3) is 0.550. The first-order valence-corrected chi connectivity index (χ1v) is 9.40. The highest BCUT2D eigenvalue weighted by Gasteiger charge is 2.37. The summed E-state index contributed by atoms with van der Waals surface area (Å²) >= 11 is 0. The van der Waals surface area contributed by atoms with E-state index in [1.54, 1.807) is 0 Å². The molecule has 0 radical (unpaired) electrons. The summed E-state index contributed by atoms with van der Waals surface area (Å²) in [4.78, 5) is 20.3. The van der Waals surface area contributed by atoms with Crippen LogP contribution in [0.4, 0.5) is 0 Å². The van der Waals surface area contributed by atoms with E-state index in [1.165, 1.54) is 12.8 Å². The zero-order valence-corrected chi connectivity index (χ0v) is 14.9. The quantitative estimate of drug-likeness (QED) is 0.792. The summed E-state index contributed by atoms with van der Waals surface area (Å²) in [5.74, 6) is 1.95. The van der Waals surface area contributed by atoms with Crippen molar-refractivity contribution in [1.82, 2.24) is 19.7 Å². The molecule has 0 N–H and O–H groups in total. The molecule has 5 heteroatoms. The van der Waals surface area contributed by atoms with E-state index >= 15 is 0 Å². The van der Waals surface area contributed by atoms with E-state index in [9.17, 15) is 4.79 Å². The van der Waals surface area contributed by atoms with E-state index in [1.807, 2.05) is 18.7 Å². The van der Waals surface area contributed by atoms with Crippen LogP contribution >= 0.6 is 0 Å². The monoisotopic (exact) mass is 336 g/mol. The van der Waals surface area contributed by atoms with Gasteiger partial charge < -0.3 is 4.90 Å². The van der Waals surface area contributed by atoms with E-state index in [4.69, 9.17) is 4.98 Å². The van der Waals surface area contributed by atoms with Crippen LogP contribution in [0.15, 0.2) is 18.2 Å². The number of aryl methyl sites for hydroxylation is 2. The standard InChI is InChI=1S/C20H24N4O/c1-12-18-16(9-17(13-7-8-13)21-19(18)23(2)22-12)20(25)24-10-14-5-3-4-6-15(14)11-24/h3-4,9,13-15H,5-8,10-11H2,1-2H3/t14-,15+. The Morgan fingerprint density at radius 2 is 1.84 bits per heavy atom. The topological polar surface area (TPSA) is 51.0 Å². The lowest BCUT2D eigenvalue weighted by Crippen LogP contribution is -2.29. The Hall–Kier alpha value is -2.17. The van der Waals surface area contributed by atoms with Gasteiger partial charge in [-0.15, -0.1) is 0 Å². The van der Waals surface area contributed by atoms with E-state index in [2.05, 4.69) is 28.2 Å². The number of carbonyl (C=O) groups is 1. The molecule has 0 unspecified atom stereocenters. The van der Waals surface area contributed by atoms with Crippen molar-refractivity contribution < 1.29 is 4.79 Å². The van der Waals surface area contributed by atoms with Gasteiger partial charge in [0.25, 0.3) is 5.91 Å². The molecule has 2 aromatic heterocycles. The number of carbonyl (C=O) groups excluding carboxylic acids is 1. The summed E-state index contributed by atoms with van der Waals surface area (Å²) in [6.45, 7) is 3.75. The van der Waals surface area contributed by atoms with Crippen molar-refractivity contribution in [2.24, 2.45) is 18.9 Å². The molecule has 0 aromatic carbocycles. The van der Waals surface area contributed by atoms with Crippen LogP contribution in [0.3, 0.4) is 0 Å². The smallest absolute Gasteiger partial charge is 0.254 e. The van der Waals surface area contributed by atoms with Crippen LogP contribution in [-0.2, 0) is 7.05 Å². The van der Waals surface area contributed by atoms with Crippen LogP contribution in [0, 0.1) is 18.8 Å². The SMILES string of the molecule is Cc1nn(C)c2nc(C3CC3)cc(C(=O)N3C[C@H]4CC=CC[C@H]4C3)c12. The van der Waals surface area contributed by atoms with E-state index in [0.717, 1.165) is 53.9 Å². The summed E-state index contributed by atoms with van der Waals surface area (Å²) in [5.41, 5.74) is 3.62. The lowest BCUT2D eigenvalue weighted by atomic mass is 9.86. The minimum Gasteiger partial charge on any atom is -0.338 e. The molecule has 2 aromatic rings. The predicted octanol–water partition coefficient (Wildman–Crippen LogP) is 3.19. The minimum absolute atomic E-state index is 0.166. The number of allylic oxidation sites excluding steroid dienone is 2. The van der Waals surface area contributed by atoms with Crippen molar-refractivity contribution in [3.05, 3.63) is 35.2 Å². The van der Waals surface area contributed by atoms with Crippen molar-refractivity contribution in [3.8, 4) is 0 Å². The van der Waals surface area contributed by atoms with Crippen LogP contribution in [0.2, 0.25) is 0 Å². The third-order valence-corrected chi connectivity index (χ3v) is 6.12. The third-order valence-electron chi connectivity index (χ3n) is 6.12. The van der Waals surface area contributed by atoms with Gasteiger partial charge in [-0.25, -0.2) is 4.98 Å². The number of likely N-dealkylation sites (tertiary alicyclic amines) is 1. The maximum atomic E-state index is 13.4. The molecule has 130 valence electrons. The zero-order chi connectivity index (χ0) is 17.1. The molecule has 0 bridgehead atoms. The third kappa shape index (κ3) is 2.40. The summed E-state index contributed by atoms with van der Waals surface area (Å²) in [7, 11) is 1.92. The highest BCUT2D eigenvalue weighted by Crippen LogP contribution is 2.41. The number of aromatic nitrogens is 3. The molecule has 3 aliphatic rings. The fourth-order valence-corrected chi connectivity index (χ4v) is 4.57. The van der Waals surface area contributed by atoms with Gasteiger partial charge in [-0.3, -0.25) is 9.48 Å². The molecule has 1 saturated carbocycles. The molecule has 2 aliphatic carbocycles. The van der Waals surface area contributed by atoms with Gasteiger partial charge in [-0.1, -0.05) is 12.2 Å². The second kappa shape index (κ2) is 5.41. The van der Waals surface area contributed by atoms with Gasteiger partial charge in [-0.2, -0.15) is 5.10 Å². The molecule has 5 rings (SSSR count). The van der Waals surface area contributed by atoms with Crippen molar-refractivity contribution >= 4 is 16.9 Å². The Morgan fingerprint density at radius 3 is 2.48 bits per heavy atom. The normalized spacial score (nSPS) is 25.6. The van der Waals surface area contributed by atoms with Gasteiger partial charge in [0.2, 0.25) is 0 Å². The van der Waals surface area contributed by atoms with Crippen molar-refractivity contribution in [3.63, 3.8) is 0 Å². The van der Waals surface area contributed by atoms with Crippen molar-refractivity contribution in [2.45, 2.75) is 38.5 Å². The fourth-order valence-electron chi connectivity index (χ4n) is 4.57. The van der Waals surface area contributed by atoms with Crippen LogP contribution in [-0.4, -0.2) is 38.7 Å². The first kappa shape index (κ1) is 15.1. The Balaban J connectivity index is 1.56. The van der Waals surface area contributed by atoms with Gasteiger partial charge in [0, 0.05) is 31.7 Å². The lowest BCUT2D eigenvalue weighted by molar-refractivity contribution is 0.0786. The second-order valence-electron chi connectivity index (χ2n) is 7.95. The molecule has 2 fully saturated rings. The van der Waals surface area contributed by atoms with Crippen LogP contribution in [0.1, 0.15) is 53.3 Å².